The van der Waals surface area contributed by atoms with Gasteiger partial charge in [0.25, 0.3) is 23.6 Å². The van der Waals surface area contributed by atoms with Crippen molar-refractivity contribution in [2.45, 2.75) is 37.3 Å². The fourth-order valence-corrected chi connectivity index (χ4v) is 9.97. The minimum absolute atomic E-state index is 0.00604. The molecule has 1 saturated carbocycles. The Kier molecular flexibility index (Phi) is 9.68. The summed E-state index contributed by atoms with van der Waals surface area (Å²) in [6, 6.07) is 18.0. The largest absolute Gasteiger partial charge is 0.507 e. The topological polar surface area (TPSA) is 132 Å². The van der Waals surface area contributed by atoms with Crippen LogP contribution in [-0.4, -0.2) is 57.9 Å². The number of aryl methyl sites for hydroxylation is 1. The van der Waals surface area contributed by atoms with Gasteiger partial charge in [-0.1, -0.05) is 76.8 Å². The predicted octanol–water partition coefficient (Wildman–Crippen LogP) is 8.12. The fourth-order valence-electron chi connectivity index (χ4n) is 9.29. The van der Waals surface area contributed by atoms with Gasteiger partial charge in [-0.3, -0.25) is 29.6 Å². The van der Waals surface area contributed by atoms with Gasteiger partial charge in [-0.15, -0.1) is 0 Å². The van der Waals surface area contributed by atoms with Crippen molar-refractivity contribution in [3.63, 3.8) is 0 Å². The molecule has 0 radical (unpaired) electrons. The first-order chi connectivity index (χ1) is 27.5. The summed E-state index contributed by atoms with van der Waals surface area (Å²) in [5.41, 5.74) is 1.89. The van der Waals surface area contributed by atoms with Gasteiger partial charge in [-0.05, 0) is 79.3 Å². The van der Waals surface area contributed by atoms with E-state index < -0.39 is 76.3 Å². The van der Waals surface area contributed by atoms with Crippen LogP contribution in [0.4, 0.5) is 24.7 Å². The number of benzene rings is 3. The van der Waals surface area contributed by atoms with Crippen molar-refractivity contribution in [3.8, 4) is 11.5 Å². The zero-order chi connectivity index (χ0) is 41.6. The highest BCUT2D eigenvalue weighted by molar-refractivity contribution is 6.36. The number of rotatable bonds is 7. The van der Waals surface area contributed by atoms with E-state index in [0.29, 0.717) is 39.1 Å². The number of methoxy groups -OCH3 is 1. The van der Waals surface area contributed by atoms with Crippen LogP contribution in [0.2, 0.25) is 15.1 Å². The molecule has 4 aliphatic rings. The maximum Gasteiger partial charge on any atom is 0.433 e. The number of halogens is 6. The second-order valence-electron chi connectivity index (χ2n) is 14.7. The molecule has 0 spiro atoms. The van der Waals surface area contributed by atoms with Crippen molar-refractivity contribution in [2.75, 3.05) is 24.6 Å². The molecule has 2 saturated heterocycles. The van der Waals surface area contributed by atoms with Crippen molar-refractivity contribution in [1.29, 1.82) is 0 Å². The molecule has 8 rings (SSSR count). The van der Waals surface area contributed by atoms with Crippen LogP contribution in [0.3, 0.4) is 0 Å². The van der Waals surface area contributed by atoms with Gasteiger partial charge < -0.3 is 9.84 Å². The van der Waals surface area contributed by atoms with Gasteiger partial charge >= 0.3 is 6.18 Å². The number of amides is 4. The highest BCUT2D eigenvalue weighted by atomic mass is 35.5. The standard InChI is InChI=1S/C41H33Cl3F3N5O6/c1-19-5-4-6-25(34(19)53)33-23-12-13-24-32(38(56)52(36(24)54)50(2)35-28(43)14-16-31(48-35)41(45,46)47)26(23)18-27-37(55)51(49-30-15-9-21(42)17-29(30)44)39(57)40(27,33)20-7-10-22(58-3)11-8-20/h4-12,14-17,24,26-27,32-33,49,53H,13,18H2,1-3H3. The molecule has 6 atom stereocenters. The van der Waals surface area contributed by atoms with E-state index >= 15 is 4.79 Å². The minimum Gasteiger partial charge on any atom is -0.507 e. The van der Waals surface area contributed by atoms with Crippen LogP contribution < -0.4 is 15.2 Å². The van der Waals surface area contributed by atoms with E-state index in [-0.39, 0.29) is 34.3 Å². The van der Waals surface area contributed by atoms with Crippen molar-refractivity contribution in [1.82, 2.24) is 15.0 Å². The number of para-hydroxylation sites is 1. The quantitative estimate of drug-likeness (QED) is 0.140. The summed E-state index contributed by atoms with van der Waals surface area (Å²) in [7, 11) is 2.71. The van der Waals surface area contributed by atoms with Crippen molar-refractivity contribution < 1.29 is 42.2 Å². The maximum atomic E-state index is 15.4. The summed E-state index contributed by atoms with van der Waals surface area (Å²) in [6.07, 6.45) is -3.15. The average molecular weight is 855 g/mol. The summed E-state index contributed by atoms with van der Waals surface area (Å²) in [4.78, 5) is 63.0. The van der Waals surface area contributed by atoms with Crippen LogP contribution >= 0.6 is 34.8 Å². The van der Waals surface area contributed by atoms with E-state index in [0.717, 1.165) is 21.1 Å². The lowest BCUT2D eigenvalue weighted by molar-refractivity contribution is -0.142. The zero-order valence-corrected chi connectivity index (χ0v) is 33.1. The Morgan fingerprint density at radius 2 is 1.66 bits per heavy atom. The van der Waals surface area contributed by atoms with Gasteiger partial charge in [0.2, 0.25) is 0 Å². The van der Waals surface area contributed by atoms with Crippen LogP contribution in [0, 0.1) is 30.6 Å². The van der Waals surface area contributed by atoms with Crippen LogP contribution in [0.5, 0.6) is 11.5 Å². The lowest BCUT2D eigenvalue weighted by Gasteiger charge is -2.50. The van der Waals surface area contributed by atoms with Gasteiger partial charge in [-0.2, -0.15) is 23.2 Å². The zero-order valence-electron chi connectivity index (χ0n) is 30.9. The van der Waals surface area contributed by atoms with Gasteiger partial charge in [0.05, 0.1) is 46.0 Å². The van der Waals surface area contributed by atoms with Gasteiger partial charge in [0.15, 0.2) is 5.82 Å². The van der Waals surface area contributed by atoms with Crippen molar-refractivity contribution in [2.24, 2.45) is 23.7 Å². The molecular weight excluding hydrogens is 822 g/mol. The van der Waals surface area contributed by atoms with E-state index in [4.69, 9.17) is 39.5 Å². The molecule has 6 unspecified atom stereocenters. The number of fused-ring (bicyclic) bond motifs is 4. The number of aromatic nitrogens is 1. The molecule has 3 heterocycles. The Hall–Kier alpha value is -5.31. The number of nitrogens with one attached hydrogen (secondary N) is 1. The molecule has 4 amide bonds. The number of hydrogen-bond donors (Lipinski definition) is 2. The van der Waals surface area contributed by atoms with Crippen LogP contribution in [0.15, 0.2) is 84.4 Å². The number of hydrazine groups is 2. The van der Waals surface area contributed by atoms with Crippen molar-refractivity contribution in [3.05, 3.63) is 122 Å². The first-order valence-electron chi connectivity index (χ1n) is 18.1. The lowest BCUT2D eigenvalue weighted by Crippen LogP contribution is -2.53. The number of pyridine rings is 1. The third kappa shape index (κ3) is 5.90. The number of allylic oxidation sites excluding steroid dienone is 2. The Morgan fingerprint density at radius 1 is 0.931 bits per heavy atom. The van der Waals surface area contributed by atoms with Crippen molar-refractivity contribution >= 4 is 69.9 Å². The number of phenolic OH excluding ortho intramolecular Hbond substituents is 1. The second-order valence-corrected chi connectivity index (χ2v) is 16.0. The molecule has 3 fully saturated rings. The molecule has 300 valence electrons. The molecule has 2 aliphatic heterocycles. The molecule has 17 heteroatoms. The van der Waals surface area contributed by atoms with Crippen LogP contribution in [0.1, 0.15) is 41.1 Å². The molecule has 3 aromatic carbocycles. The second kappa shape index (κ2) is 14.2. The van der Waals surface area contributed by atoms with Crippen LogP contribution in [-0.2, 0) is 30.8 Å². The Bertz CT molecular complexity index is 2450. The summed E-state index contributed by atoms with van der Waals surface area (Å²) in [5, 5.41) is 14.6. The maximum absolute atomic E-state index is 15.4. The number of nitrogens with zero attached hydrogens (tertiary/aromatic N) is 4. The first kappa shape index (κ1) is 39.5. The molecule has 4 aromatic rings. The summed E-state index contributed by atoms with van der Waals surface area (Å²) >= 11 is 19.0. The van der Waals surface area contributed by atoms with Gasteiger partial charge in [0, 0.05) is 23.6 Å². The van der Waals surface area contributed by atoms with E-state index in [1.165, 1.54) is 32.4 Å². The van der Waals surface area contributed by atoms with E-state index in [9.17, 15) is 32.7 Å². The molecule has 0 bridgehead atoms. The van der Waals surface area contributed by atoms with Crippen LogP contribution in [0.25, 0.3) is 0 Å². The number of carbonyl (C=O) groups excluding carboxylic acids is 4. The SMILES string of the molecule is COc1ccc(C23C(=O)N(Nc4ccc(Cl)cc4Cl)C(=O)C2CC2C(=CCC4C(=O)N(N(C)c5nc(C(F)(F)F)ccc5Cl)C(=O)C42)C3c2cccc(C)c2O)cc1. The number of anilines is 2. The Morgan fingerprint density at radius 3 is 2.33 bits per heavy atom. The molecule has 1 aromatic heterocycles. The number of hydrogen-bond acceptors (Lipinski definition) is 9. The smallest absolute Gasteiger partial charge is 0.433 e. The molecular formula is C41H33Cl3F3N5O6. The monoisotopic (exact) mass is 853 g/mol. The summed E-state index contributed by atoms with van der Waals surface area (Å²) in [5.74, 6) is -8.07. The summed E-state index contributed by atoms with van der Waals surface area (Å²) in [6.45, 7) is 1.69. The first-order valence-corrected chi connectivity index (χ1v) is 19.2. The van der Waals surface area contributed by atoms with E-state index in [2.05, 4.69) is 10.4 Å². The fraction of sp³-hybridized carbons (Fsp3) is 0.293. The molecule has 2 N–H and O–H groups in total. The number of alkyl halides is 3. The predicted molar refractivity (Wildman–Crippen MR) is 208 cm³/mol. The van der Waals surface area contributed by atoms with E-state index in [1.54, 1.807) is 55.5 Å². The van der Waals surface area contributed by atoms with E-state index in [1.807, 2.05) is 0 Å². The number of ether oxygens (including phenoxy) is 1. The Labute approximate surface area is 344 Å². The normalized spacial score (nSPS) is 25.3. The lowest BCUT2D eigenvalue weighted by atomic mass is 9.49. The average Bonchev–Trinajstić information content (AvgIpc) is 3.57. The van der Waals surface area contributed by atoms with Gasteiger partial charge in [-0.25, -0.2) is 4.98 Å². The third-order valence-electron chi connectivity index (χ3n) is 11.9. The number of phenols is 1. The molecule has 58 heavy (non-hydrogen) atoms. The number of imide groups is 2. The molecule has 11 nitrogen and oxygen atoms in total. The summed E-state index contributed by atoms with van der Waals surface area (Å²) < 4.78 is 46.6. The highest BCUT2D eigenvalue weighted by Crippen LogP contribution is 2.65. The van der Waals surface area contributed by atoms with Gasteiger partial charge in [0.1, 0.15) is 17.2 Å². The number of carbonyl (C=O) groups is 4. The Balaban J connectivity index is 1.30. The number of aromatic hydroxyl groups is 1. The third-order valence-corrected chi connectivity index (χ3v) is 12.7. The minimum atomic E-state index is -4.84. The molecule has 2 aliphatic carbocycles. The highest BCUT2D eigenvalue weighted by Gasteiger charge is 2.71.